The molecule has 0 saturated carbocycles. The zero-order valence-electron chi connectivity index (χ0n) is 9.26. The largest absolute Gasteiger partial charge is 0.263 e. The van der Waals surface area contributed by atoms with E-state index in [4.69, 9.17) is 0 Å². The highest BCUT2D eigenvalue weighted by molar-refractivity contribution is 9.10. The van der Waals surface area contributed by atoms with Crippen LogP contribution in [0.15, 0.2) is 29.1 Å². The van der Waals surface area contributed by atoms with E-state index in [0.717, 1.165) is 22.3 Å². The quantitative estimate of drug-likeness (QED) is 0.868. The number of hydrogen-bond acceptors (Lipinski definition) is 3. The molecule has 0 atom stereocenters. The van der Waals surface area contributed by atoms with Crippen molar-refractivity contribution in [3.05, 3.63) is 29.1 Å². The molecule has 0 N–H and O–H groups in total. The average Bonchev–Trinajstić information content (AvgIpc) is 2.65. The van der Waals surface area contributed by atoms with Crippen LogP contribution in [0.3, 0.4) is 0 Å². The molecule has 0 amide bonds. The lowest BCUT2D eigenvalue weighted by Crippen LogP contribution is -2.04. The fourth-order valence-corrected chi connectivity index (χ4v) is 1.81. The third-order valence-corrected chi connectivity index (χ3v) is 2.53. The molecule has 0 bridgehead atoms. The summed E-state index contributed by atoms with van der Waals surface area (Å²) in [5.41, 5.74) is 1.83. The van der Waals surface area contributed by atoms with Gasteiger partial charge in [-0.2, -0.15) is 0 Å². The Hall–Kier alpha value is -1.23. The molecule has 2 heterocycles. The van der Waals surface area contributed by atoms with Crippen LogP contribution in [-0.2, 0) is 6.54 Å². The molecule has 2 rings (SSSR count). The average molecular weight is 281 g/mol. The van der Waals surface area contributed by atoms with Gasteiger partial charge in [-0.05, 0) is 27.9 Å². The molecule has 0 aliphatic rings. The molecule has 0 saturated heterocycles. The van der Waals surface area contributed by atoms with Gasteiger partial charge in [0.1, 0.15) is 5.69 Å². The molecule has 4 nitrogen and oxygen atoms in total. The zero-order chi connectivity index (χ0) is 11.5. The van der Waals surface area contributed by atoms with Gasteiger partial charge in [-0.3, -0.25) is 9.67 Å². The van der Waals surface area contributed by atoms with Crippen molar-refractivity contribution < 1.29 is 0 Å². The van der Waals surface area contributed by atoms with E-state index in [2.05, 4.69) is 45.1 Å². The van der Waals surface area contributed by atoms with Crippen molar-refractivity contribution in [2.45, 2.75) is 20.4 Å². The van der Waals surface area contributed by atoms with Crippen molar-refractivity contribution in [2.75, 3.05) is 0 Å². The van der Waals surface area contributed by atoms with E-state index >= 15 is 0 Å². The lowest BCUT2D eigenvalue weighted by Gasteiger charge is -2.01. The Labute approximate surface area is 103 Å². The van der Waals surface area contributed by atoms with Gasteiger partial charge in [-0.15, -0.1) is 5.10 Å². The van der Waals surface area contributed by atoms with Crippen LogP contribution in [0.2, 0.25) is 0 Å². The van der Waals surface area contributed by atoms with Crippen LogP contribution in [0, 0.1) is 5.92 Å². The first-order chi connectivity index (χ1) is 7.65. The molecule has 0 radical (unpaired) electrons. The number of nitrogens with zero attached hydrogens (tertiary/aromatic N) is 4. The standard InChI is InChI=1S/C11H13BrN4/c1-8(2)6-16-7-11(14-15-16)9-3-10(12)5-13-4-9/h3-5,7-8H,6H2,1-2H3. The van der Waals surface area contributed by atoms with Crippen LogP contribution in [-0.4, -0.2) is 20.0 Å². The van der Waals surface area contributed by atoms with Crippen LogP contribution in [0.5, 0.6) is 0 Å². The van der Waals surface area contributed by atoms with Gasteiger partial charge in [-0.1, -0.05) is 19.1 Å². The highest BCUT2D eigenvalue weighted by Crippen LogP contribution is 2.19. The first kappa shape index (κ1) is 11.3. The van der Waals surface area contributed by atoms with Gasteiger partial charge < -0.3 is 0 Å². The number of pyridine rings is 1. The molecule has 0 fully saturated rings. The monoisotopic (exact) mass is 280 g/mol. The molecule has 16 heavy (non-hydrogen) atoms. The summed E-state index contributed by atoms with van der Waals surface area (Å²) in [6.45, 7) is 5.19. The molecule has 0 aliphatic carbocycles. The van der Waals surface area contributed by atoms with Crippen molar-refractivity contribution in [3.8, 4) is 11.3 Å². The number of rotatable bonds is 3. The van der Waals surface area contributed by atoms with Crippen LogP contribution < -0.4 is 0 Å². The Morgan fingerprint density at radius 2 is 2.19 bits per heavy atom. The molecule has 0 unspecified atom stereocenters. The van der Waals surface area contributed by atoms with Crippen molar-refractivity contribution in [3.63, 3.8) is 0 Å². The van der Waals surface area contributed by atoms with Gasteiger partial charge in [0, 0.05) is 29.0 Å². The molecular formula is C11H13BrN4. The smallest absolute Gasteiger partial charge is 0.114 e. The SMILES string of the molecule is CC(C)Cn1cc(-c2cncc(Br)c2)nn1. The molecule has 0 aliphatic heterocycles. The fraction of sp³-hybridized carbons (Fsp3) is 0.364. The maximum Gasteiger partial charge on any atom is 0.114 e. The highest BCUT2D eigenvalue weighted by atomic mass is 79.9. The number of hydrogen-bond donors (Lipinski definition) is 0. The summed E-state index contributed by atoms with van der Waals surface area (Å²) in [6.07, 6.45) is 5.49. The van der Waals surface area contributed by atoms with E-state index in [1.165, 1.54) is 0 Å². The maximum atomic E-state index is 4.13. The predicted molar refractivity (Wildman–Crippen MR) is 65.8 cm³/mol. The summed E-state index contributed by atoms with van der Waals surface area (Å²) in [5.74, 6) is 0.565. The van der Waals surface area contributed by atoms with Crippen LogP contribution in [0.4, 0.5) is 0 Å². The van der Waals surface area contributed by atoms with Gasteiger partial charge >= 0.3 is 0 Å². The Morgan fingerprint density at radius 3 is 2.88 bits per heavy atom. The number of aromatic nitrogens is 4. The van der Waals surface area contributed by atoms with E-state index < -0.39 is 0 Å². The summed E-state index contributed by atoms with van der Waals surface area (Å²) in [4.78, 5) is 4.11. The minimum atomic E-state index is 0.565. The summed E-state index contributed by atoms with van der Waals surface area (Å²) in [5, 5.41) is 8.22. The highest BCUT2D eigenvalue weighted by Gasteiger charge is 2.05. The van der Waals surface area contributed by atoms with E-state index in [1.807, 2.05) is 16.9 Å². The second-order valence-corrected chi connectivity index (χ2v) is 5.03. The third kappa shape index (κ3) is 2.66. The van der Waals surface area contributed by atoms with Gasteiger partial charge in [0.15, 0.2) is 0 Å². The Balaban J connectivity index is 2.24. The summed E-state index contributed by atoms with van der Waals surface area (Å²) >= 11 is 3.39. The van der Waals surface area contributed by atoms with Gasteiger partial charge in [0.25, 0.3) is 0 Å². The maximum absolute atomic E-state index is 4.13. The molecule has 0 aromatic carbocycles. The fourth-order valence-electron chi connectivity index (χ4n) is 1.45. The van der Waals surface area contributed by atoms with Crippen molar-refractivity contribution in [1.82, 2.24) is 20.0 Å². The molecule has 2 aromatic rings. The van der Waals surface area contributed by atoms with E-state index in [1.54, 1.807) is 12.4 Å². The first-order valence-corrected chi connectivity index (χ1v) is 5.95. The first-order valence-electron chi connectivity index (χ1n) is 5.16. The van der Waals surface area contributed by atoms with Gasteiger partial charge in [0.05, 0.1) is 6.20 Å². The zero-order valence-corrected chi connectivity index (χ0v) is 10.8. The molecular weight excluding hydrogens is 268 g/mol. The van der Waals surface area contributed by atoms with Crippen LogP contribution in [0.1, 0.15) is 13.8 Å². The van der Waals surface area contributed by atoms with E-state index in [-0.39, 0.29) is 0 Å². The van der Waals surface area contributed by atoms with Crippen molar-refractivity contribution >= 4 is 15.9 Å². The number of halogens is 1. The Bertz CT molecular complexity index is 478. The Morgan fingerprint density at radius 1 is 1.38 bits per heavy atom. The van der Waals surface area contributed by atoms with Crippen LogP contribution in [0.25, 0.3) is 11.3 Å². The van der Waals surface area contributed by atoms with Crippen LogP contribution >= 0.6 is 15.9 Å². The van der Waals surface area contributed by atoms with Gasteiger partial charge in [-0.25, -0.2) is 0 Å². The van der Waals surface area contributed by atoms with E-state index in [9.17, 15) is 0 Å². The molecule has 0 spiro atoms. The Kier molecular flexibility index (Phi) is 3.33. The van der Waals surface area contributed by atoms with Gasteiger partial charge in [0.2, 0.25) is 0 Å². The normalized spacial score (nSPS) is 11.0. The minimum absolute atomic E-state index is 0.565. The molecule has 84 valence electrons. The molecule has 5 heteroatoms. The summed E-state index contributed by atoms with van der Waals surface area (Å²) < 4.78 is 2.81. The summed E-state index contributed by atoms with van der Waals surface area (Å²) in [7, 11) is 0. The minimum Gasteiger partial charge on any atom is -0.263 e. The second-order valence-electron chi connectivity index (χ2n) is 4.11. The topological polar surface area (TPSA) is 43.6 Å². The lowest BCUT2D eigenvalue weighted by atomic mass is 10.2. The lowest BCUT2D eigenvalue weighted by molar-refractivity contribution is 0.472. The predicted octanol–water partition coefficient (Wildman–Crippen LogP) is 2.76. The van der Waals surface area contributed by atoms with Crippen molar-refractivity contribution in [2.24, 2.45) is 5.92 Å². The second kappa shape index (κ2) is 4.74. The van der Waals surface area contributed by atoms with Crippen molar-refractivity contribution in [1.29, 1.82) is 0 Å². The van der Waals surface area contributed by atoms with E-state index in [0.29, 0.717) is 5.92 Å². The summed E-state index contributed by atoms with van der Waals surface area (Å²) in [6, 6.07) is 1.98. The molecule has 2 aromatic heterocycles. The third-order valence-electron chi connectivity index (χ3n) is 2.09.